The molecule has 2 N–H and O–H groups in total. The third-order valence-corrected chi connectivity index (χ3v) is 6.63. The molecule has 140 valence electrons. The first-order chi connectivity index (χ1) is 12.3. The SMILES string of the molecule is Cc1csc(NC(=O)c2ccc(Cl)c(S(=O)(=O)NCC3CCCO3)c2)n1. The van der Waals surface area contributed by atoms with E-state index in [1.165, 1.54) is 29.5 Å². The second kappa shape index (κ2) is 8.01. The molecule has 1 aliphatic heterocycles. The van der Waals surface area contributed by atoms with Crippen LogP contribution in [0.5, 0.6) is 0 Å². The van der Waals surface area contributed by atoms with Gasteiger partial charge in [0.05, 0.1) is 16.8 Å². The number of nitrogens with one attached hydrogen (secondary N) is 2. The lowest BCUT2D eigenvalue weighted by molar-refractivity contribution is 0.102. The van der Waals surface area contributed by atoms with E-state index in [0.29, 0.717) is 11.7 Å². The highest BCUT2D eigenvalue weighted by molar-refractivity contribution is 7.89. The molecule has 26 heavy (non-hydrogen) atoms. The first-order valence-corrected chi connectivity index (χ1v) is 10.7. The lowest BCUT2D eigenvalue weighted by Crippen LogP contribution is -2.32. The topological polar surface area (TPSA) is 97.4 Å². The van der Waals surface area contributed by atoms with Crippen LogP contribution < -0.4 is 10.0 Å². The summed E-state index contributed by atoms with van der Waals surface area (Å²) in [6.07, 6.45) is 1.59. The van der Waals surface area contributed by atoms with Crippen molar-refractivity contribution in [2.75, 3.05) is 18.5 Å². The summed E-state index contributed by atoms with van der Waals surface area (Å²) in [5.41, 5.74) is 0.975. The molecule has 1 aromatic heterocycles. The van der Waals surface area contributed by atoms with Crippen molar-refractivity contribution in [2.24, 2.45) is 0 Å². The van der Waals surface area contributed by atoms with Crippen molar-refractivity contribution in [2.45, 2.75) is 30.8 Å². The standard InChI is InChI=1S/C16H18ClN3O4S2/c1-10-9-25-16(19-10)20-15(21)11-4-5-13(17)14(7-11)26(22,23)18-8-12-3-2-6-24-12/h4-5,7,9,12,18H,2-3,6,8H2,1H3,(H,19,20,21). The van der Waals surface area contributed by atoms with E-state index >= 15 is 0 Å². The third-order valence-electron chi connectivity index (χ3n) is 3.85. The first kappa shape index (κ1) is 19.2. The lowest BCUT2D eigenvalue weighted by Gasteiger charge is -2.13. The lowest BCUT2D eigenvalue weighted by atomic mass is 10.2. The van der Waals surface area contributed by atoms with E-state index in [4.69, 9.17) is 16.3 Å². The maximum atomic E-state index is 12.6. The van der Waals surface area contributed by atoms with E-state index in [1.807, 2.05) is 12.3 Å². The fraction of sp³-hybridized carbons (Fsp3) is 0.375. The van der Waals surface area contributed by atoms with Crippen molar-refractivity contribution in [1.82, 2.24) is 9.71 Å². The van der Waals surface area contributed by atoms with Gasteiger partial charge in [-0.1, -0.05) is 11.6 Å². The normalized spacial score (nSPS) is 17.4. The molecule has 10 heteroatoms. The molecule has 1 amide bonds. The summed E-state index contributed by atoms with van der Waals surface area (Å²) in [5.74, 6) is -0.452. The molecule has 0 spiro atoms. The number of sulfonamides is 1. The molecule has 1 unspecified atom stereocenters. The number of carbonyl (C=O) groups is 1. The van der Waals surface area contributed by atoms with Crippen molar-refractivity contribution in [1.29, 1.82) is 0 Å². The number of rotatable bonds is 6. The smallest absolute Gasteiger partial charge is 0.257 e. The van der Waals surface area contributed by atoms with E-state index < -0.39 is 15.9 Å². The number of anilines is 1. The largest absolute Gasteiger partial charge is 0.377 e. The van der Waals surface area contributed by atoms with Crippen molar-refractivity contribution in [3.05, 3.63) is 39.9 Å². The Bertz CT molecular complexity index is 908. The van der Waals surface area contributed by atoms with Gasteiger partial charge in [0.2, 0.25) is 10.0 Å². The van der Waals surface area contributed by atoms with Gasteiger partial charge < -0.3 is 4.74 Å². The molecule has 1 fully saturated rings. The summed E-state index contributed by atoms with van der Waals surface area (Å²) in [6.45, 7) is 2.63. The molecule has 1 aromatic carbocycles. The summed E-state index contributed by atoms with van der Waals surface area (Å²) in [7, 11) is -3.86. The second-order valence-corrected chi connectivity index (χ2v) is 8.88. The Labute approximate surface area is 160 Å². The molecule has 7 nitrogen and oxygen atoms in total. The Morgan fingerprint density at radius 2 is 2.27 bits per heavy atom. The number of hydrogen-bond donors (Lipinski definition) is 2. The molecule has 3 rings (SSSR count). The number of aryl methyl sites for hydroxylation is 1. The van der Waals surface area contributed by atoms with Crippen LogP contribution in [0.25, 0.3) is 0 Å². The minimum Gasteiger partial charge on any atom is -0.377 e. The van der Waals surface area contributed by atoms with Crippen molar-refractivity contribution in [3.8, 4) is 0 Å². The number of thiazole rings is 1. The van der Waals surface area contributed by atoms with Crippen LogP contribution in [-0.2, 0) is 14.8 Å². The summed E-state index contributed by atoms with van der Waals surface area (Å²) < 4.78 is 33.0. The molecular weight excluding hydrogens is 398 g/mol. The molecule has 1 saturated heterocycles. The molecule has 0 bridgehead atoms. The zero-order valence-electron chi connectivity index (χ0n) is 14.0. The molecule has 2 aromatic rings. The van der Waals surface area contributed by atoms with Gasteiger partial charge in [-0.05, 0) is 38.0 Å². The number of ether oxygens (including phenoxy) is 1. The Hall–Kier alpha value is -1.52. The molecule has 0 radical (unpaired) electrons. The maximum absolute atomic E-state index is 12.6. The number of amides is 1. The van der Waals surface area contributed by atoms with Crippen LogP contribution in [0.1, 0.15) is 28.9 Å². The highest BCUT2D eigenvalue weighted by Gasteiger charge is 2.23. The van der Waals surface area contributed by atoms with Gasteiger partial charge >= 0.3 is 0 Å². The minimum atomic E-state index is -3.86. The fourth-order valence-corrected chi connectivity index (χ4v) is 4.79. The number of benzene rings is 1. The monoisotopic (exact) mass is 415 g/mol. The fourth-order valence-electron chi connectivity index (χ4n) is 2.52. The van der Waals surface area contributed by atoms with E-state index in [-0.39, 0.29) is 28.1 Å². The highest BCUT2D eigenvalue weighted by Crippen LogP contribution is 2.24. The van der Waals surface area contributed by atoms with Crippen LogP contribution in [0.4, 0.5) is 5.13 Å². The van der Waals surface area contributed by atoms with Crippen LogP contribution in [0.15, 0.2) is 28.5 Å². The molecule has 2 heterocycles. The Morgan fingerprint density at radius 3 is 2.92 bits per heavy atom. The van der Waals surface area contributed by atoms with Crippen LogP contribution in [-0.4, -0.2) is 38.6 Å². The number of carbonyl (C=O) groups excluding carboxylic acids is 1. The molecule has 1 aliphatic rings. The molecule has 0 saturated carbocycles. The second-order valence-electron chi connectivity index (χ2n) is 5.88. The van der Waals surface area contributed by atoms with Crippen LogP contribution in [0.3, 0.4) is 0 Å². The van der Waals surface area contributed by atoms with Crippen molar-refractivity contribution in [3.63, 3.8) is 0 Å². The number of halogens is 1. The third kappa shape index (κ3) is 4.60. The number of aromatic nitrogens is 1. The summed E-state index contributed by atoms with van der Waals surface area (Å²) >= 11 is 7.35. The van der Waals surface area contributed by atoms with Gasteiger partial charge in [0.1, 0.15) is 4.90 Å². The van der Waals surface area contributed by atoms with E-state index in [0.717, 1.165) is 18.5 Å². The van der Waals surface area contributed by atoms with E-state index in [9.17, 15) is 13.2 Å². The van der Waals surface area contributed by atoms with Crippen LogP contribution >= 0.6 is 22.9 Å². The van der Waals surface area contributed by atoms with Gasteiger partial charge in [-0.25, -0.2) is 18.1 Å². The first-order valence-electron chi connectivity index (χ1n) is 7.99. The van der Waals surface area contributed by atoms with Crippen molar-refractivity contribution < 1.29 is 17.9 Å². The average Bonchev–Trinajstić information content (AvgIpc) is 3.25. The summed E-state index contributed by atoms with van der Waals surface area (Å²) in [6, 6.07) is 4.12. The number of nitrogens with zero attached hydrogens (tertiary/aromatic N) is 1. The quantitative estimate of drug-likeness (QED) is 0.756. The summed E-state index contributed by atoms with van der Waals surface area (Å²) in [5, 5.41) is 4.95. The van der Waals surface area contributed by atoms with Crippen LogP contribution in [0, 0.1) is 6.92 Å². The van der Waals surface area contributed by atoms with E-state index in [2.05, 4.69) is 15.0 Å². The van der Waals surface area contributed by atoms with Gasteiger partial charge in [0, 0.05) is 24.1 Å². The minimum absolute atomic E-state index is 0.0477. The molecular formula is C16H18ClN3O4S2. The van der Waals surface area contributed by atoms with Crippen LogP contribution in [0.2, 0.25) is 5.02 Å². The Balaban J connectivity index is 1.76. The number of hydrogen-bond acceptors (Lipinski definition) is 6. The van der Waals surface area contributed by atoms with Gasteiger partial charge in [-0.2, -0.15) is 0 Å². The van der Waals surface area contributed by atoms with Crippen molar-refractivity contribution >= 4 is 44.0 Å². The van der Waals surface area contributed by atoms with E-state index in [1.54, 1.807) is 0 Å². The van der Waals surface area contributed by atoms with Gasteiger partial charge in [0.25, 0.3) is 5.91 Å². The van der Waals surface area contributed by atoms with Gasteiger partial charge in [-0.15, -0.1) is 11.3 Å². The Morgan fingerprint density at radius 1 is 1.46 bits per heavy atom. The molecule has 0 aliphatic carbocycles. The predicted octanol–water partition coefficient (Wildman–Crippen LogP) is 2.81. The Kier molecular flexibility index (Phi) is 5.93. The van der Waals surface area contributed by atoms with Gasteiger partial charge in [-0.3, -0.25) is 10.1 Å². The highest BCUT2D eigenvalue weighted by atomic mass is 35.5. The molecule has 1 atom stereocenters. The zero-order valence-corrected chi connectivity index (χ0v) is 16.4. The van der Waals surface area contributed by atoms with Gasteiger partial charge in [0.15, 0.2) is 5.13 Å². The average molecular weight is 416 g/mol. The summed E-state index contributed by atoms with van der Waals surface area (Å²) in [4.78, 5) is 16.4. The zero-order chi connectivity index (χ0) is 18.7. The maximum Gasteiger partial charge on any atom is 0.257 e. The predicted molar refractivity (Wildman–Crippen MR) is 100 cm³/mol.